The lowest BCUT2D eigenvalue weighted by Crippen LogP contribution is -2.31. The van der Waals surface area contributed by atoms with Crippen LogP contribution in [0.25, 0.3) is 0 Å². The van der Waals surface area contributed by atoms with Gasteiger partial charge in [0.2, 0.25) is 0 Å². The molecule has 3 heteroatoms. The van der Waals surface area contributed by atoms with Gasteiger partial charge in [0, 0.05) is 6.04 Å². The minimum atomic E-state index is -0.792. The van der Waals surface area contributed by atoms with Gasteiger partial charge in [0.1, 0.15) is 0 Å². The highest BCUT2D eigenvalue weighted by molar-refractivity contribution is 4.90. The zero-order chi connectivity index (χ0) is 11.3. The van der Waals surface area contributed by atoms with Gasteiger partial charge >= 0.3 is 0 Å². The van der Waals surface area contributed by atoms with Gasteiger partial charge in [0.25, 0.3) is 0 Å². The third-order valence-corrected chi connectivity index (χ3v) is 3.43. The van der Waals surface area contributed by atoms with E-state index < -0.39 is 5.60 Å². The third-order valence-electron chi connectivity index (χ3n) is 3.43. The Labute approximate surface area is 92.7 Å². The molecular formula is C12H25NO2. The SMILES string of the molecule is CC(O)(CO)C1CC1.NC1CCCCC1. The average Bonchev–Trinajstić information content (AvgIpc) is 3.03. The second-order valence-electron chi connectivity index (χ2n) is 5.19. The first kappa shape index (κ1) is 12.9. The fourth-order valence-electron chi connectivity index (χ4n) is 1.97. The van der Waals surface area contributed by atoms with Crippen LogP contribution in [0.2, 0.25) is 0 Å². The molecule has 0 aromatic carbocycles. The summed E-state index contributed by atoms with van der Waals surface area (Å²) in [6.45, 7) is 1.59. The highest BCUT2D eigenvalue weighted by Gasteiger charge is 2.39. The average molecular weight is 215 g/mol. The molecule has 0 amide bonds. The summed E-state index contributed by atoms with van der Waals surface area (Å²) in [6, 6.07) is 0.536. The molecule has 2 aliphatic rings. The molecule has 1 unspecified atom stereocenters. The third kappa shape index (κ3) is 4.96. The van der Waals surface area contributed by atoms with Crippen molar-refractivity contribution in [2.24, 2.45) is 11.7 Å². The van der Waals surface area contributed by atoms with Gasteiger partial charge in [0.05, 0.1) is 12.2 Å². The molecule has 0 saturated heterocycles. The Kier molecular flexibility index (Phi) is 5.03. The van der Waals surface area contributed by atoms with Crippen LogP contribution in [0, 0.1) is 5.92 Å². The molecule has 0 spiro atoms. The topological polar surface area (TPSA) is 66.5 Å². The fraction of sp³-hybridized carbons (Fsp3) is 1.00. The monoisotopic (exact) mass is 215 g/mol. The van der Waals surface area contributed by atoms with Gasteiger partial charge in [-0.3, -0.25) is 0 Å². The zero-order valence-corrected chi connectivity index (χ0v) is 9.78. The molecule has 0 aromatic rings. The Morgan fingerprint density at radius 1 is 1.13 bits per heavy atom. The van der Waals surface area contributed by atoms with Crippen LogP contribution in [-0.4, -0.2) is 28.5 Å². The molecule has 4 N–H and O–H groups in total. The van der Waals surface area contributed by atoms with Crippen LogP contribution in [-0.2, 0) is 0 Å². The minimum absolute atomic E-state index is 0.0995. The first-order valence-electron chi connectivity index (χ1n) is 6.15. The van der Waals surface area contributed by atoms with Crippen LogP contribution >= 0.6 is 0 Å². The Bertz CT molecular complexity index is 172. The van der Waals surface area contributed by atoms with Crippen molar-refractivity contribution in [3.8, 4) is 0 Å². The maximum Gasteiger partial charge on any atom is 0.0877 e. The molecule has 1 atom stereocenters. The largest absolute Gasteiger partial charge is 0.393 e. The quantitative estimate of drug-likeness (QED) is 0.652. The van der Waals surface area contributed by atoms with Crippen LogP contribution in [0.1, 0.15) is 51.9 Å². The Hall–Kier alpha value is -0.120. The van der Waals surface area contributed by atoms with E-state index in [-0.39, 0.29) is 6.61 Å². The summed E-state index contributed by atoms with van der Waals surface area (Å²) in [5.74, 6) is 0.368. The summed E-state index contributed by atoms with van der Waals surface area (Å²) >= 11 is 0. The van der Waals surface area contributed by atoms with Gasteiger partial charge in [-0.05, 0) is 38.5 Å². The van der Waals surface area contributed by atoms with E-state index in [4.69, 9.17) is 10.8 Å². The van der Waals surface area contributed by atoms with Crippen molar-refractivity contribution in [2.45, 2.75) is 63.5 Å². The highest BCUT2D eigenvalue weighted by Crippen LogP contribution is 2.38. The Morgan fingerprint density at radius 2 is 1.67 bits per heavy atom. The second-order valence-corrected chi connectivity index (χ2v) is 5.19. The molecule has 15 heavy (non-hydrogen) atoms. The molecular weight excluding hydrogens is 190 g/mol. The second kappa shape index (κ2) is 5.83. The Balaban J connectivity index is 0.000000151. The number of nitrogens with two attached hydrogens (primary N) is 1. The molecule has 2 fully saturated rings. The van der Waals surface area contributed by atoms with Crippen molar-refractivity contribution in [3.05, 3.63) is 0 Å². The molecule has 0 bridgehead atoms. The van der Waals surface area contributed by atoms with Gasteiger partial charge in [-0.25, -0.2) is 0 Å². The van der Waals surface area contributed by atoms with Gasteiger partial charge in [-0.15, -0.1) is 0 Å². The molecule has 0 aliphatic heterocycles. The lowest BCUT2D eigenvalue weighted by molar-refractivity contribution is -0.0167. The summed E-state index contributed by atoms with van der Waals surface area (Å²) in [4.78, 5) is 0. The van der Waals surface area contributed by atoms with E-state index in [2.05, 4.69) is 0 Å². The van der Waals surface area contributed by atoms with Crippen LogP contribution in [0.15, 0.2) is 0 Å². The van der Waals surface area contributed by atoms with Crippen molar-refractivity contribution in [3.63, 3.8) is 0 Å². The lowest BCUT2D eigenvalue weighted by Gasteiger charge is -2.18. The van der Waals surface area contributed by atoms with Gasteiger partial charge < -0.3 is 15.9 Å². The molecule has 2 saturated carbocycles. The minimum Gasteiger partial charge on any atom is -0.393 e. The zero-order valence-electron chi connectivity index (χ0n) is 9.78. The van der Waals surface area contributed by atoms with Crippen molar-refractivity contribution in [1.82, 2.24) is 0 Å². The molecule has 0 radical (unpaired) electrons. The van der Waals surface area contributed by atoms with Crippen LogP contribution in [0.3, 0.4) is 0 Å². The van der Waals surface area contributed by atoms with Gasteiger partial charge in [0.15, 0.2) is 0 Å². The first-order chi connectivity index (χ1) is 7.06. The predicted octanol–water partition coefficient (Wildman–Crippen LogP) is 1.42. The molecule has 2 rings (SSSR count). The normalized spacial score (nSPS) is 26.4. The molecule has 0 heterocycles. The molecule has 3 nitrogen and oxygen atoms in total. The summed E-state index contributed by atoms with van der Waals surface area (Å²) in [7, 11) is 0. The van der Waals surface area contributed by atoms with E-state index >= 15 is 0 Å². The summed E-state index contributed by atoms with van der Waals surface area (Å²) < 4.78 is 0. The maximum absolute atomic E-state index is 9.21. The number of aliphatic hydroxyl groups is 2. The first-order valence-corrected chi connectivity index (χ1v) is 6.15. The summed E-state index contributed by atoms with van der Waals surface area (Å²) in [5.41, 5.74) is 4.84. The number of hydrogen-bond donors (Lipinski definition) is 3. The van der Waals surface area contributed by atoms with E-state index in [0.717, 1.165) is 12.8 Å². The summed E-state index contributed by atoms with van der Waals surface area (Å²) in [5, 5.41) is 17.8. The van der Waals surface area contributed by atoms with E-state index in [9.17, 15) is 5.11 Å². The maximum atomic E-state index is 9.21. The van der Waals surface area contributed by atoms with Gasteiger partial charge in [-0.1, -0.05) is 19.3 Å². The smallest absolute Gasteiger partial charge is 0.0877 e. The molecule has 2 aliphatic carbocycles. The van der Waals surface area contributed by atoms with Crippen molar-refractivity contribution < 1.29 is 10.2 Å². The fourth-order valence-corrected chi connectivity index (χ4v) is 1.97. The molecule has 90 valence electrons. The van der Waals surface area contributed by atoms with E-state index in [1.807, 2.05) is 0 Å². The van der Waals surface area contributed by atoms with Crippen LogP contribution in [0.5, 0.6) is 0 Å². The predicted molar refractivity (Wildman–Crippen MR) is 61.5 cm³/mol. The van der Waals surface area contributed by atoms with Crippen molar-refractivity contribution in [2.75, 3.05) is 6.61 Å². The lowest BCUT2D eigenvalue weighted by atomic mass is 9.97. The van der Waals surface area contributed by atoms with Crippen molar-refractivity contribution >= 4 is 0 Å². The highest BCUT2D eigenvalue weighted by atomic mass is 16.3. The number of aliphatic hydroxyl groups excluding tert-OH is 1. The number of rotatable bonds is 2. The standard InChI is InChI=1S/C6H13N.C6H12O2/c7-6-4-2-1-3-5-6;1-6(8,4-7)5-2-3-5/h6H,1-5,7H2;5,7-8H,2-4H2,1H3. The number of hydrogen-bond acceptors (Lipinski definition) is 3. The summed E-state index contributed by atoms with van der Waals surface area (Å²) in [6.07, 6.45) is 8.82. The van der Waals surface area contributed by atoms with E-state index in [1.165, 1.54) is 32.1 Å². The molecule has 0 aromatic heterocycles. The van der Waals surface area contributed by atoms with Gasteiger partial charge in [-0.2, -0.15) is 0 Å². The van der Waals surface area contributed by atoms with Crippen LogP contribution in [0.4, 0.5) is 0 Å². The van der Waals surface area contributed by atoms with E-state index in [1.54, 1.807) is 6.92 Å². The van der Waals surface area contributed by atoms with Crippen LogP contribution < -0.4 is 5.73 Å². The van der Waals surface area contributed by atoms with Crippen molar-refractivity contribution in [1.29, 1.82) is 0 Å². The van der Waals surface area contributed by atoms with E-state index in [0.29, 0.717) is 12.0 Å². The Morgan fingerprint density at radius 3 is 1.87 bits per heavy atom.